The molecule has 0 aromatic heterocycles. The number of benzene rings is 10. The highest BCUT2D eigenvalue weighted by Crippen LogP contribution is 2.69. The third-order valence-electron chi connectivity index (χ3n) is 14.2. The normalized spacial score (nSPS) is 14.0. The highest BCUT2D eigenvalue weighted by Gasteiger charge is 2.60. The highest BCUT2D eigenvalue weighted by molar-refractivity contribution is 6.00. The van der Waals surface area contributed by atoms with E-state index in [1.54, 1.807) is 0 Å². The Labute approximate surface area is 368 Å². The molecule has 2 spiro atoms. The number of hydrogen-bond acceptors (Lipinski definition) is 1. The Morgan fingerprint density at radius 1 is 0.206 bits per heavy atom. The lowest BCUT2D eigenvalue weighted by molar-refractivity contribution is 0.633. The van der Waals surface area contributed by atoms with E-state index in [1.807, 2.05) is 0 Å². The molecule has 0 unspecified atom stereocenters. The van der Waals surface area contributed by atoms with Gasteiger partial charge in [-0.15, -0.1) is 0 Å². The van der Waals surface area contributed by atoms with Gasteiger partial charge >= 0.3 is 0 Å². The van der Waals surface area contributed by atoms with E-state index in [2.05, 4.69) is 254 Å². The van der Waals surface area contributed by atoms with Crippen LogP contribution in [-0.2, 0) is 10.8 Å². The van der Waals surface area contributed by atoms with E-state index in [4.69, 9.17) is 0 Å². The third-order valence-corrected chi connectivity index (χ3v) is 14.2. The zero-order chi connectivity index (χ0) is 41.5. The van der Waals surface area contributed by atoms with Crippen LogP contribution in [0.5, 0.6) is 0 Å². The number of hydrogen-bond donors (Lipinski definition) is 0. The van der Waals surface area contributed by atoms with Gasteiger partial charge in [0.05, 0.1) is 27.9 Å². The second kappa shape index (κ2) is 13.8. The van der Waals surface area contributed by atoms with Crippen LogP contribution in [0.15, 0.2) is 249 Å². The molecule has 0 saturated heterocycles. The molecule has 0 aliphatic heterocycles. The standard InChI is InChI=1S/C62H41N/c1-3-22-42(23-4-1)44-26-11-19-39-57(44)63(58-40-20-12-27-45(58)43-24-5-2-6-25-43)59-41-21-38-56-60(59)62(52-34-15-9-30-48(52)49-31-10-16-35-53(49)62)55-37-18-17-36-54(55)61(56)50-32-13-7-28-46(50)47-29-8-14-33-51(47)61/h1-41H. The lowest BCUT2D eigenvalue weighted by Crippen LogP contribution is -2.44. The molecule has 0 N–H and O–H groups in total. The van der Waals surface area contributed by atoms with Crippen molar-refractivity contribution >= 4 is 17.1 Å². The second-order valence-corrected chi connectivity index (χ2v) is 17.0. The average Bonchev–Trinajstić information content (AvgIpc) is 3.83. The zero-order valence-electron chi connectivity index (χ0n) is 34.6. The van der Waals surface area contributed by atoms with Gasteiger partial charge in [-0.1, -0.05) is 231 Å². The van der Waals surface area contributed by atoms with Gasteiger partial charge in [0.2, 0.25) is 0 Å². The minimum atomic E-state index is -0.672. The van der Waals surface area contributed by atoms with Crippen molar-refractivity contribution in [2.24, 2.45) is 0 Å². The summed E-state index contributed by atoms with van der Waals surface area (Å²) in [6.45, 7) is 0. The first-order valence-corrected chi connectivity index (χ1v) is 22.0. The molecular formula is C62H41N. The third kappa shape index (κ3) is 4.77. The fraction of sp³-hybridized carbons (Fsp3) is 0.0323. The van der Waals surface area contributed by atoms with Gasteiger partial charge in [0, 0.05) is 16.7 Å². The first-order valence-electron chi connectivity index (χ1n) is 22.0. The monoisotopic (exact) mass is 799 g/mol. The van der Waals surface area contributed by atoms with Crippen molar-refractivity contribution in [1.82, 2.24) is 0 Å². The van der Waals surface area contributed by atoms with Crippen LogP contribution in [0.3, 0.4) is 0 Å². The largest absolute Gasteiger partial charge is 0.309 e. The lowest BCUT2D eigenvalue weighted by Gasteiger charge is -2.50. The summed E-state index contributed by atoms with van der Waals surface area (Å²) < 4.78 is 0. The summed E-state index contributed by atoms with van der Waals surface area (Å²) in [7, 11) is 0. The molecule has 0 atom stereocenters. The van der Waals surface area contributed by atoms with Gasteiger partial charge in [-0.2, -0.15) is 0 Å². The number of anilines is 3. The summed E-state index contributed by atoms with van der Waals surface area (Å²) in [6.07, 6.45) is 0. The van der Waals surface area contributed by atoms with Crippen molar-refractivity contribution in [2.45, 2.75) is 10.8 Å². The van der Waals surface area contributed by atoms with Crippen molar-refractivity contribution in [3.8, 4) is 44.5 Å². The Morgan fingerprint density at radius 2 is 0.508 bits per heavy atom. The van der Waals surface area contributed by atoms with E-state index in [0.29, 0.717) is 0 Å². The molecule has 63 heavy (non-hydrogen) atoms. The highest BCUT2D eigenvalue weighted by atomic mass is 15.2. The van der Waals surface area contributed by atoms with Gasteiger partial charge in [-0.05, 0) is 90.5 Å². The van der Waals surface area contributed by atoms with Crippen LogP contribution >= 0.6 is 0 Å². The fourth-order valence-corrected chi connectivity index (χ4v) is 11.9. The maximum Gasteiger partial charge on any atom is 0.0740 e. The van der Waals surface area contributed by atoms with E-state index in [9.17, 15) is 0 Å². The summed E-state index contributed by atoms with van der Waals surface area (Å²) in [5, 5.41) is 0. The lowest BCUT2D eigenvalue weighted by atomic mass is 9.52. The minimum absolute atomic E-state index is 0.601. The van der Waals surface area contributed by atoms with Gasteiger partial charge < -0.3 is 4.90 Å². The molecule has 1 nitrogen and oxygen atoms in total. The van der Waals surface area contributed by atoms with Crippen molar-refractivity contribution in [3.63, 3.8) is 0 Å². The molecule has 3 aliphatic carbocycles. The predicted octanol–water partition coefficient (Wildman–Crippen LogP) is 15.5. The van der Waals surface area contributed by atoms with Crippen molar-refractivity contribution in [2.75, 3.05) is 4.90 Å². The summed E-state index contributed by atoms with van der Waals surface area (Å²) in [6, 6.07) is 93.1. The smallest absolute Gasteiger partial charge is 0.0740 e. The average molecular weight is 800 g/mol. The first kappa shape index (κ1) is 35.7. The molecule has 0 bridgehead atoms. The van der Waals surface area contributed by atoms with E-state index in [1.165, 1.54) is 89.0 Å². The quantitative estimate of drug-likeness (QED) is 0.168. The molecule has 3 aliphatic rings. The first-order chi connectivity index (χ1) is 31.3. The Kier molecular flexibility index (Phi) is 7.80. The molecule has 294 valence electrons. The van der Waals surface area contributed by atoms with Crippen molar-refractivity contribution in [1.29, 1.82) is 0 Å². The zero-order valence-corrected chi connectivity index (χ0v) is 34.6. The van der Waals surface area contributed by atoms with E-state index < -0.39 is 10.8 Å². The SMILES string of the molecule is c1ccc(-c2ccccc2N(c2ccccc2-c2ccccc2)c2cccc3c2C2(c4ccccc4-c4ccccc42)c2ccccc2C32c3ccccc3-c3ccccc32)cc1. The molecule has 0 heterocycles. The molecule has 0 amide bonds. The summed E-state index contributed by atoms with van der Waals surface area (Å²) in [5.74, 6) is 0. The molecule has 0 saturated carbocycles. The minimum Gasteiger partial charge on any atom is -0.309 e. The van der Waals surface area contributed by atoms with Gasteiger partial charge in [0.1, 0.15) is 0 Å². The fourth-order valence-electron chi connectivity index (χ4n) is 11.9. The van der Waals surface area contributed by atoms with Crippen molar-refractivity contribution in [3.05, 3.63) is 293 Å². The van der Waals surface area contributed by atoms with E-state index in [0.717, 1.165) is 17.1 Å². The number of para-hydroxylation sites is 2. The van der Waals surface area contributed by atoms with Crippen LogP contribution in [0.25, 0.3) is 44.5 Å². The maximum atomic E-state index is 2.60. The molecule has 13 rings (SSSR count). The molecule has 0 fully saturated rings. The van der Waals surface area contributed by atoms with Crippen LogP contribution in [0.1, 0.15) is 44.5 Å². The van der Waals surface area contributed by atoms with E-state index in [-0.39, 0.29) is 0 Å². The van der Waals surface area contributed by atoms with Crippen LogP contribution in [-0.4, -0.2) is 0 Å². The van der Waals surface area contributed by atoms with Crippen LogP contribution in [0, 0.1) is 0 Å². The molecule has 1 heteroatoms. The second-order valence-electron chi connectivity index (χ2n) is 17.0. The number of nitrogens with zero attached hydrogens (tertiary/aromatic N) is 1. The Balaban J connectivity index is 1.26. The van der Waals surface area contributed by atoms with Crippen LogP contribution < -0.4 is 4.90 Å². The molecule has 10 aromatic rings. The Morgan fingerprint density at radius 3 is 0.952 bits per heavy atom. The molecule has 0 radical (unpaired) electrons. The van der Waals surface area contributed by atoms with E-state index >= 15 is 0 Å². The topological polar surface area (TPSA) is 3.24 Å². The van der Waals surface area contributed by atoms with Gasteiger partial charge in [0.15, 0.2) is 0 Å². The van der Waals surface area contributed by atoms with Gasteiger partial charge in [0.25, 0.3) is 0 Å². The van der Waals surface area contributed by atoms with Crippen LogP contribution in [0.4, 0.5) is 17.1 Å². The molecular weight excluding hydrogens is 759 g/mol. The summed E-state index contributed by atoms with van der Waals surface area (Å²) >= 11 is 0. The number of fused-ring (bicyclic) bond motifs is 16. The Bertz CT molecular complexity index is 3240. The van der Waals surface area contributed by atoms with Gasteiger partial charge in [-0.25, -0.2) is 0 Å². The van der Waals surface area contributed by atoms with Crippen LogP contribution in [0.2, 0.25) is 0 Å². The molecule has 10 aromatic carbocycles. The summed E-state index contributed by atoms with van der Waals surface area (Å²) in [4.78, 5) is 2.60. The predicted molar refractivity (Wildman–Crippen MR) is 260 cm³/mol. The maximum absolute atomic E-state index is 2.60. The number of rotatable bonds is 5. The van der Waals surface area contributed by atoms with Gasteiger partial charge in [-0.3, -0.25) is 0 Å². The van der Waals surface area contributed by atoms with Crippen molar-refractivity contribution < 1.29 is 0 Å². The Hall–Kier alpha value is -8.00. The summed E-state index contributed by atoms with van der Waals surface area (Å²) in [5.41, 5.74) is 22.5.